The van der Waals surface area contributed by atoms with Crippen molar-refractivity contribution in [2.45, 2.75) is 6.42 Å². The number of ether oxygens (including phenoxy) is 1. The van der Waals surface area contributed by atoms with Gasteiger partial charge in [0, 0.05) is 35.6 Å². The monoisotopic (exact) mass is 479 g/mol. The highest BCUT2D eigenvalue weighted by Crippen LogP contribution is 2.35. The van der Waals surface area contributed by atoms with Crippen molar-refractivity contribution in [1.82, 2.24) is 15.3 Å². The number of anilines is 3. The molecule has 0 fully saturated rings. The molecule has 2 heterocycles. The van der Waals surface area contributed by atoms with Crippen molar-refractivity contribution >= 4 is 29.1 Å². The highest BCUT2D eigenvalue weighted by Gasteiger charge is 2.24. The number of fused-ring (bicyclic) bond motifs is 3. The first-order valence-electron chi connectivity index (χ1n) is 11.6. The van der Waals surface area contributed by atoms with E-state index >= 15 is 0 Å². The number of rotatable bonds is 7. The number of hydrogen-bond acceptors (Lipinski definition) is 6. The van der Waals surface area contributed by atoms with E-state index in [-0.39, 0.29) is 18.2 Å². The maximum atomic E-state index is 12.6. The molecule has 36 heavy (non-hydrogen) atoms. The molecule has 0 saturated heterocycles. The molecule has 5 rings (SSSR count). The van der Waals surface area contributed by atoms with Gasteiger partial charge in [-0.15, -0.1) is 0 Å². The van der Waals surface area contributed by atoms with Crippen LogP contribution in [0.25, 0.3) is 11.3 Å². The molecule has 0 saturated carbocycles. The maximum Gasteiger partial charge on any atom is 0.251 e. The van der Waals surface area contributed by atoms with E-state index in [1.54, 1.807) is 42.4 Å². The van der Waals surface area contributed by atoms with Gasteiger partial charge in [0.05, 0.1) is 24.3 Å². The van der Waals surface area contributed by atoms with Crippen LogP contribution in [0.4, 0.5) is 17.3 Å². The molecule has 1 aliphatic heterocycles. The Bertz CT molecular complexity index is 1390. The van der Waals surface area contributed by atoms with Gasteiger partial charge >= 0.3 is 0 Å². The van der Waals surface area contributed by atoms with Crippen molar-refractivity contribution in [3.8, 4) is 17.0 Å². The molecule has 2 N–H and O–H groups in total. The summed E-state index contributed by atoms with van der Waals surface area (Å²) in [6.07, 6.45) is 1.93. The van der Waals surface area contributed by atoms with Crippen molar-refractivity contribution in [1.29, 1.82) is 0 Å². The largest absolute Gasteiger partial charge is 0.492 e. The molecular weight excluding hydrogens is 454 g/mol. The Morgan fingerprint density at radius 2 is 1.75 bits per heavy atom. The number of para-hydroxylation sites is 2. The highest BCUT2D eigenvalue weighted by atomic mass is 16.5. The summed E-state index contributed by atoms with van der Waals surface area (Å²) in [5.74, 6) is 0.996. The van der Waals surface area contributed by atoms with Crippen molar-refractivity contribution in [3.63, 3.8) is 0 Å². The summed E-state index contributed by atoms with van der Waals surface area (Å²) in [5, 5.41) is 6.05. The Labute approximate surface area is 209 Å². The number of likely N-dealkylation sites (N-methyl/N-ethyl adjacent to an activating group) is 1. The second-order valence-corrected chi connectivity index (χ2v) is 8.33. The van der Waals surface area contributed by atoms with Crippen LogP contribution in [-0.2, 0) is 11.2 Å². The molecular formula is C28H25N5O3. The second-order valence-electron chi connectivity index (χ2n) is 8.33. The summed E-state index contributed by atoms with van der Waals surface area (Å²) < 4.78 is 5.60. The van der Waals surface area contributed by atoms with E-state index in [0.717, 1.165) is 33.9 Å². The zero-order valence-corrected chi connectivity index (χ0v) is 19.8. The first-order valence-corrected chi connectivity index (χ1v) is 11.6. The Morgan fingerprint density at radius 1 is 1.00 bits per heavy atom. The fourth-order valence-electron chi connectivity index (χ4n) is 4.00. The predicted octanol–water partition coefficient (Wildman–Crippen LogP) is 4.21. The zero-order valence-electron chi connectivity index (χ0n) is 19.8. The van der Waals surface area contributed by atoms with Crippen molar-refractivity contribution in [3.05, 3.63) is 96.2 Å². The molecule has 8 nitrogen and oxygen atoms in total. The lowest BCUT2D eigenvalue weighted by Gasteiger charge is -2.16. The summed E-state index contributed by atoms with van der Waals surface area (Å²) in [7, 11) is 1.77. The minimum Gasteiger partial charge on any atom is -0.492 e. The summed E-state index contributed by atoms with van der Waals surface area (Å²) in [4.78, 5) is 35.8. The van der Waals surface area contributed by atoms with E-state index in [0.29, 0.717) is 24.7 Å². The summed E-state index contributed by atoms with van der Waals surface area (Å²) >= 11 is 0. The molecule has 0 aliphatic carbocycles. The minimum atomic E-state index is -0.176. The van der Waals surface area contributed by atoms with E-state index < -0.39 is 0 Å². The van der Waals surface area contributed by atoms with Crippen LogP contribution in [0.1, 0.15) is 15.9 Å². The summed E-state index contributed by atoms with van der Waals surface area (Å²) in [6.45, 7) is 0.783. The highest BCUT2D eigenvalue weighted by molar-refractivity contribution is 6.01. The van der Waals surface area contributed by atoms with Crippen molar-refractivity contribution < 1.29 is 14.3 Å². The molecule has 0 unspecified atom stereocenters. The van der Waals surface area contributed by atoms with Crippen molar-refractivity contribution in [2.75, 3.05) is 30.4 Å². The third-order valence-corrected chi connectivity index (χ3v) is 5.90. The Balaban J connectivity index is 1.24. The van der Waals surface area contributed by atoms with Crippen LogP contribution in [0.3, 0.4) is 0 Å². The molecule has 3 aromatic carbocycles. The third kappa shape index (κ3) is 5.02. The maximum absolute atomic E-state index is 12.6. The molecule has 4 aromatic rings. The van der Waals surface area contributed by atoms with Crippen LogP contribution < -0.4 is 20.3 Å². The molecule has 0 atom stereocenters. The number of aromatic nitrogens is 2. The minimum absolute atomic E-state index is 0.00833. The average molecular weight is 480 g/mol. The number of nitrogens with one attached hydrogen (secondary N) is 2. The lowest BCUT2D eigenvalue weighted by Crippen LogP contribution is -2.28. The number of carbonyl (C=O) groups excluding carboxylic acids is 2. The van der Waals surface area contributed by atoms with Gasteiger partial charge in [-0.2, -0.15) is 0 Å². The van der Waals surface area contributed by atoms with Gasteiger partial charge in [-0.05, 0) is 42.5 Å². The normalized spacial score (nSPS) is 12.2. The SMILES string of the molecule is CN1C(=O)Cc2cnc(Nc3ccc(C(=O)NCCOc4ccccc4)cc3)nc2-c2ccccc21. The Kier molecular flexibility index (Phi) is 6.57. The summed E-state index contributed by atoms with van der Waals surface area (Å²) in [5.41, 5.74) is 4.50. The Morgan fingerprint density at radius 3 is 2.56 bits per heavy atom. The molecule has 0 spiro atoms. The van der Waals surface area contributed by atoms with Crippen LogP contribution in [0.15, 0.2) is 85.1 Å². The number of hydrogen-bond donors (Lipinski definition) is 2. The number of benzene rings is 3. The molecule has 8 heteroatoms. The molecule has 2 amide bonds. The average Bonchev–Trinajstić information content (AvgIpc) is 3.02. The second kappa shape index (κ2) is 10.3. The van der Waals surface area contributed by atoms with Gasteiger partial charge < -0.3 is 20.3 Å². The van der Waals surface area contributed by atoms with Gasteiger partial charge in [0.15, 0.2) is 0 Å². The van der Waals surface area contributed by atoms with E-state index in [9.17, 15) is 9.59 Å². The molecule has 0 bridgehead atoms. The van der Waals surface area contributed by atoms with E-state index in [2.05, 4.69) is 15.6 Å². The topological polar surface area (TPSA) is 96.5 Å². The standard InChI is InChI=1S/C28H25N5O3/c1-33-24-10-6-5-9-23(24)26-20(17-25(33)34)18-30-28(32-26)31-21-13-11-19(12-14-21)27(35)29-15-16-36-22-7-3-2-4-8-22/h2-14,18H,15-17H2,1H3,(H,29,35)(H,30,31,32). The smallest absolute Gasteiger partial charge is 0.251 e. The number of amides is 2. The molecule has 180 valence electrons. The quantitative estimate of drug-likeness (QED) is 0.386. The van der Waals surface area contributed by atoms with Crippen LogP contribution in [0.5, 0.6) is 5.75 Å². The van der Waals surface area contributed by atoms with E-state index in [1.807, 2.05) is 54.6 Å². The zero-order chi connectivity index (χ0) is 24.9. The summed E-state index contributed by atoms with van der Waals surface area (Å²) in [6, 6.07) is 24.3. The molecule has 1 aromatic heterocycles. The third-order valence-electron chi connectivity index (χ3n) is 5.90. The number of nitrogens with zero attached hydrogens (tertiary/aromatic N) is 3. The number of carbonyl (C=O) groups is 2. The first-order chi connectivity index (χ1) is 17.6. The predicted molar refractivity (Wildman–Crippen MR) is 139 cm³/mol. The molecule has 1 aliphatic rings. The lowest BCUT2D eigenvalue weighted by atomic mass is 10.1. The Hall–Kier alpha value is -4.72. The fraction of sp³-hybridized carbons (Fsp3) is 0.143. The van der Waals surface area contributed by atoms with E-state index in [1.165, 1.54) is 0 Å². The van der Waals surface area contributed by atoms with E-state index in [4.69, 9.17) is 9.72 Å². The van der Waals surface area contributed by atoms with Crippen LogP contribution in [0, 0.1) is 0 Å². The fourth-order valence-corrected chi connectivity index (χ4v) is 4.00. The van der Waals surface area contributed by atoms with Gasteiger partial charge in [-0.25, -0.2) is 9.97 Å². The van der Waals surface area contributed by atoms with Crippen LogP contribution in [0.2, 0.25) is 0 Å². The van der Waals surface area contributed by atoms with Crippen molar-refractivity contribution in [2.24, 2.45) is 0 Å². The van der Waals surface area contributed by atoms with Crippen LogP contribution >= 0.6 is 0 Å². The van der Waals surface area contributed by atoms with Gasteiger partial charge in [-0.1, -0.05) is 36.4 Å². The van der Waals surface area contributed by atoms with Gasteiger partial charge in [-0.3, -0.25) is 9.59 Å². The van der Waals surface area contributed by atoms with Gasteiger partial charge in [0.25, 0.3) is 5.91 Å². The molecule has 0 radical (unpaired) electrons. The lowest BCUT2D eigenvalue weighted by molar-refractivity contribution is -0.117. The van der Waals surface area contributed by atoms with Gasteiger partial charge in [0.2, 0.25) is 11.9 Å². The first kappa shape index (κ1) is 23.0. The van der Waals surface area contributed by atoms with Gasteiger partial charge in [0.1, 0.15) is 12.4 Å². The van der Waals surface area contributed by atoms with Crippen LogP contribution in [-0.4, -0.2) is 42.0 Å².